The minimum absolute atomic E-state index is 0.00183. The molecule has 1 N–H and O–H groups in total. The molecule has 0 unspecified atom stereocenters. The van der Waals surface area contributed by atoms with E-state index in [2.05, 4.69) is 11.0 Å². The highest BCUT2D eigenvalue weighted by atomic mass is 16.4. The zero-order valence-electron chi connectivity index (χ0n) is 16.1. The molecule has 28 heavy (non-hydrogen) atoms. The van der Waals surface area contributed by atoms with Crippen LogP contribution in [0.3, 0.4) is 0 Å². The predicted octanol–water partition coefficient (Wildman–Crippen LogP) is 2.45. The Bertz CT molecular complexity index is 808. The molecule has 3 aliphatic carbocycles. The summed E-state index contributed by atoms with van der Waals surface area (Å²) in [5.41, 5.74) is 1.73. The molecule has 6 heteroatoms. The lowest BCUT2D eigenvalue weighted by Gasteiger charge is -2.45. The van der Waals surface area contributed by atoms with E-state index in [9.17, 15) is 19.5 Å². The van der Waals surface area contributed by atoms with Gasteiger partial charge in [0.2, 0.25) is 5.91 Å². The minimum Gasteiger partial charge on any atom is -0.481 e. The third-order valence-corrected chi connectivity index (χ3v) is 6.55. The van der Waals surface area contributed by atoms with Crippen LogP contribution in [0, 0.1) is 23.7 Å². The quantitative estimate of drug-likeness (QED) is 0.639. The van der Waals surface area contributed by atoms with Crippen molar-refractivity contribution in [2.75, 3.05) is 31.1 Å². The number of Topliss-reactive ketones (excluding diaryl/α,β-unsaturated/α-hetero) is 1. The fraction of sp³-hybridized carbons (Fsp3) is 0.500. The Labute approximate surface area is 164 Å². The molecule has 0 radical (unpaired) electrons. The van der Waals surface area contributed by atoms with Crippen molar-refractivity contribution >= 4 is 23.3 Å². The molecular weight excluding hydrogens is 356 g/mol. The standard InChI is InChI=1S/C22H26N2O4/c1-14(25)15-6-8-18(9-7-15)23-10-12-24(13-11-23)21(26)19-16-2-4-17(5-3-16)20(19)22(27)28/h2,4,6-9,16-17,19-20H,3,5,10-13H2,1H3,(H,27,28)/t16-,17-,19+,20+/m0/s1. The van der Waals surface area contributed by atoms with Crippen LogP contribution < -0.4 is 4.90 Å². The highest BCUT2D eigenvalue weighted by molar-refractivity contribution is 5.94. The second-order valence-corrected chi connectivity index (χ2v) is 8.10. The number of carbonyl (C=O) groups is 3. The molecule has 1 amide bonds. The number of ketones is 1. The zero-order valence-corrected chi connectivity index (χ0v) is 16.1. The van der Waals surface area contributed by atoms with Crippen molar-refractivity contribution in [1.82, 2.24) is 4.90 Å². The Kier molecular flexibility index (Phi) is 4.96. The van der Waals surface area contributed by atoms with Crippen LogP contribution in [0.2, 0.25) is 0 Å². The van der Waals surface area contributed by atoms with Crippen molar-refractivity contribution in [3.05, 3.63) is 42.0 Å². The summed E-state index contributed by atoms with van der Waals surface area (Å²) in [6.07, 6.45) is 5.83. The molecule has 5 rings (SSSR count). The molecule has 0 aromatic heterocycles. The van der Waals surface area contributed by atoms with Crippen LogP contribution >= 0.6 is 0 Å². The lowest BCUT2D eigenvalue weighted by molar-refractivity contribution is -0.156. The van der Waals surface area contributed by atoms with Crippen LogP contribution in [0.4, 0.5) is 5.69 Å². The molecular formula is C22H26N2O4. The fourth-order valence-corrected chi connectivity index (χ4v) is 4.97. The maximum absolute atomic E-state index is 13.2. The van der Waals surface area contributed by atoms with Gasteiger partial charge in [-0.25, -0.2) is 0 Å². The number of carboxylic acids is 1. The molecule has 1 aromatic carbocycles. The third-order valence-electron chi connectivity index (χ3n) is 6.55. The Morgan fingerprint density at radius 1 is 0.893 bits per heavy atom. The van der Waals surface area contributed by atoms with E-state index in [4.69, 9.17) is 0 Å². The van der Waals surface area contributed by atoms with Gasteiger partial charge in [0.1, 0.15) is 0 Å². The van der Waals surface area contributed by atoms with Gasteiger partial charge in [0.05, 0.1) is 11.8 Å². The van der Waals surface area contributed by atoms with Gasteiger partial charge in [-0.2, -0.15) is 0 Å². The number of carbonyl (C=O) groups excluding carboxylic acids is 2. The molecule has 2 bridgehead atoms. The number of hydrogen-bond donors (Lipinski definition) is 1. The lowest BCUT2D eigenvalue weighted by atomic mass is 9.62. The van der Waals surface area contributed by atoms with Gasteiger partial charge in [0, 0.05) is 37.4 Å². The SMILES string of the molecule is CC(=O)c1ccc(N2CCN(C(=O)[C@H]3[C@H](C(=O)O)[C@H]4C=C[C@H]3CC4)CC2)cc1. The highest BCUT2D eigenvalue weighted by Crippen LogP contribution is 2.45. The zero-order chi connectivity index (χ0) is 19.8. The molecule has 148 valence electrons. The Morgan fingerprint density at radius 3 is 1.96 bits per heavy atom. The first kappa shape index (κ1) is 18.7. The second-order valence-electron chi connectivity index (χ2n) is 8.10. The summed E-state index contributed by atoms with van der Waals surface area (Å²) in [7, 11) is 0. The van der Waals surface area contributed by atoms with Crippen LogP contribution in [-0.4, -0.2) is 53.8 Å². The number of rotatable bonds is 4. The van der Waals surface area contributed by atoms with E-state index in [0.29, 0.717) is 31.7 Å². The summed E-state index contributed by atoms with van der Waals surface area (Å²) >= 11 is 0. The van der Waals surface area contributed by atoms with Crippen molar-refractivity contribution in [3.63, 3.8) is 0 Å². The second kappa shape index (κ2) is 7.41. The van der Waals surface area contributed by atoms with Gasteiger partial charge >= 0.3 is 5.97 Å². The van der Waals surface area contributed by atoms with Crippen molar-refractivity contribution in [1.29, 1.82) is 0 Å². The van der Waals surface area contributed by atoms with Gasteiger partial charge in [-0.15, -0.1) is 0 Å². The van der Waals surface area contributed by atoms with Gasteiger partial charge in [-0.3, -0.25) is 14.4 Å². The number of fused-ring (bicyclic) bond motifs is 2. The topological polar surface area (TPSA) is 77.9 Å². The number of anilines is 1. The highest BCUT2D eigenvalue weighted by Gasteiger charge is 2.49. The van der Waals surface area contributed by atoms with Crippen LogP contribution in [0.25, 0.3) is 0 Å². The number of carboxylic acid groups (broad SMARTS) is 1. The normalized spacial score (nSPS) is 29.0. The molecule has 1 saturated carbocycles. The third kappa shape index (κ3) is 3.32. The number of hydrogen-bond acceptors (Lipinski definition) is 4. The number of benzene rings is 1. The van der Waals surface area contributed by atoms with Gasteiger partial charge < -0.3 is 14.9 Å². The first-order valence-electron chi connectivity index (χ1n) is 10.0. The first-order chi connectivity index (χ1) is 13.5. The minimum atomic E-state index is -0.846. The number of allylic oxidation sites excluding steroid dienone is 2. The summed E-state index contributed by atoms with van der Waals surface area (Å²) in [4.78, 5) is 40.5. The summed E-state index contributed by atoms with van der Waals surface area (Å²) in [6, 6.07) is 7.55. The van der Waals surface area contributed by atoms with Crippen molar-refractivity contribution in [2.45, 2.75) is 19.8 Å². The van der Waals surface area contributed by atoms with Gasteiger partial charge in [0.15, 0.2) is 5.78 Å². The molecule has 1 aromatic rings. The van der Waals surface area contributed by atoms with Gasteiger partial charge in [0.25, 0.3) is 0 Å². The molecule has 1 heterocycles. The van der Waals surface area contributed by atoms with Crippen LogP contribution in [-0.2, 0) is 9.59 Å². The Balaban J connectivity index is 1.42. The van der Waals surface area contributed by atoms with Crippen molar-refractivity contribution < 1.29 is 19.5 Å². The number of amides is 1. The van der Waals surface area contributed by atoms with E-state index in [1.54, 1.807) is 6.92 Å². The fourth-order valence-electron chi connectivity index (χ4n) is 4.97. The molecule has 4 atom stereocenters. The Hall–Kier alpha value is -2.63. The summed E-state index contributed by atoms with van der Waals surface area (Å²) in [5, 5.41) is 9.69. The largest absolute Gasteiger partial charge is 0.481 e. The van der Waals surface area contributed by atoms with Gasteiger partial charge in [-0.05, 0) is 55.9 Å². The van der Waals surface area contributed by atoms with E-state index in [0.717, 1.165) is 18.5 Å². The number of nitrogens with zero attached hydrogens (tertiary/aromatic N) is 2. The lowest BCUT2D eigenvalue weighted by Crippen LogP contribution is -2.55. The smallest absolute Gasteiger partial charge is 0.307 e. The van der Waals surface area contributed by atoms with E-state index in [-0.39, 0.29) is 23.5 Å². The van der Waals surface area contributed by atoms with E-state index in [1.807, 2.05) is 35.2 Å². The first-order valence-corrected chi connectivity index (χ1v) is 10.0. The maximum atomic E-state index is 13.2. The van der Waals surface area contributed by atoms with Crippen LogP contribution in [0.15, 0.2) is 36.4 Å². The number of piperazine rings is 1. The van der Waals surface area contributed by atoms with Gasteiger partial charge in [-0.1, -0.05) is 12.2 Å². The average Bonchev–Trinajstić information content (AvgIpc) is 2.73. The predicted molar refractivity (Wildman–Crippen MR) is 105 cm³/mol. The van der Waals surface area contributed by atoms with E-state index < -0.39 is 17.8 Å². The Morgan fingerprint density at radius 2 is 1.46 bits per heavy atom. The summed E-state index contributed by atoms with van der Waals surface area (Å²) in [6.45, 7) is 4.16. The number of aliphatic carboxylic acids is 1. The molecule has 1 saturated heterocycles. The molecule has 0 spiro atoms. The van der Waals surface area contributed by atoms with Crippen molar-refractivity contribution in [3.8, 4) is 0 Å². The molecule has 2 fully saturated rings. The van der Waals surface area contributed by atoms with E-state index in [1.165, 1.54) is 0 Å². The molecule has 1 aliphatic heterocycles. The van der Waals surface area contributed by atoms with Crippen LogP contribution in [0.5, 0.6) is 0 Å². The average molecular weight is 382 g/mol. The van der Waals surface area contributed by atoms with E-state index >= 15 is 0 Å². The summed E-state index contributed by atoms with van der Waals surface area (Å²) < 4.78 is 0. The van der Waals surface area contributed by atoms with Crippen molar-refractivity contribution in [2.24, 2.45) is 23.7 Å². The monoisotopic (exact) mass is 382 g/mol. The summed E-state index contributed by atoms with van der Waals surface area (Å²) in [5.74, 6) is -1.78. The molecule has 6 nitrogen and oxygen atoms in total. The molecule has 4 aliphatic rings. The van der Waals surface area contributed by atoms with Crippen LogP contribution in [0.1, 0.15) is 30.1 Å². The maximum Gasteiger partial charge on any atom is 0.307 e.